The Morgan fingerprint density at radius 1 is 1.04 bits per heavy atom. The van der Waals surface area contributed by atoms with Crippen molar-refractivity contribution in [3.05, 3.63) is 23.3 Å². The minimum atomic E-state index is -3.80. The highest BCUT2D eigenvalue weighted by atomic mass is 32.2. The number of alkyl carbamates (subject to hydrolysis) is 1. The zero-order chi connectivity index (χ0) is 21.5. The number of hydrogen-bond acceptors (Lipinski definition) is 6. The molecule has 1 rings (SSSR count). The van der Waals surface area contributed by atoms with Crippen molar-refractivity contribution in [1.82, 2.24) is 15.4 Å². The Labute approximate surface area is 166 Å². The first-order valence-electron chi connectivity index (χ1n) is 8.74. The molecule has 2 amide bonds. The molecule has 9 nitrogen and oxygen atoms in total. The third-order valence-electron chi connectivity index (χ3n) is 3.60. The monoisotopic (exact) mass is 415 g/mol. The fourth-order valence-electron chi connectivity index (χ4n) is 2.13. The molecule has 158 valence electrons. The number of nitrogens with one attached hydrogen (secondary N) is 3. The average molecular weight is 416 g/mol. The van der Waals surface area contributed by atoms with Crippen molar-refractivity contribution in [3.8, 4) is 5.75 Å². The topological polar surface area (TPSA) is 123 Å². The van der Waals surface area contributed by atoms with Gasteiger partial charge < -0.3 is 20.1 Å². The first-order chi connectivity index (χ1) is 12.9. The van der Waals surface area contributed by atoms with Gasteiger partial charge in [-0.25, -0.2) is 17.9 Å². The number of carbonyl (C=O) groups excluding carboxylic acids is 2. The maximum Gasteiger partial charge on any atom is 0.408 e. The summed E-state index contributed by atoms with van der Waals surface area (Å²) < 4.78 is 37.6. The molecule has 0 radical (unpaired) electrons. The molecule has 0 aliphatic rings. The number of carbonyl (C=O) groups is 2. The van der Waals surface area contributed by atoms with E-state index in [1.54, 1.807) is 32.9 Å². The fraction of sp³-hybridized carbons (Fsp3) is 0.556. The van der Waals surface area contributed by atoms with Crippen LogP contribution in [0.1, 0.15) is 31.9 Å². The van der Waals surface area contributed by atoms with E-state index < -0.39 is 27.6 Å². The zero-order valence-electron chi connectivity index (χ0n) is 17.1. The molecule has 1 aromatic carbocycles. The molecule has 28 heavy (non-hydrogen) atoms. The Morgan fingerprint density at radius 3 is 2.21 bits per heavy atom. The van der Waals surface area contributed by atoms with Crippen LogP contribution in [0.2, 0.25) is 0 Å². The van der Waals surface area contributed by atoms with Crippen LogP contribution in [0.5, 0.6) is 5.75 Å². The molecule has 10 heteroatoms. The second-order valence-corrected chi connectivity index (χ2v) is 8.93. The summed E-state index contributed by atoms with van der Waals surface area (Å²) in [6.45, 7) is 8.58. The van der Waals surface area contributed by atoms with Crippen molar-refractivity contribution >= 4 is 22.0 Å². The molecule has 0 spiro atoms. The van der Waals surface area contributed by atoms with E-state index in [9.17, 15) is 18.0 Å². The molecule has 3 N–H and O–H groups in total. The van der Waals surface area contributed by atoms with Gasteiger partial charge in [0.1, 0.15) is 16.2 Å². The summed E-state index contributed by atoms with van der Waals surface area (Å²) in [4.78, 5) is 23.2. The van der Waals surface area contributed by atoms with Crippen molar-refractivity contribution in [1.29, 1.82) is 0 Å². The lowest BCUT2D eigenvalue weighted by Crippen LogP contribution is -2.42. The van der Waals surface area contributed by atoms with Gasteiger partial charge in [0.2, 0.25) is 15.9 Å². The van der Waals surface area contributed by atoms with Crippen LogP contribution >= 0.6 is 0 Å². The summed E-state index contributed by atoms with van der Waals surface area (Å²) in [7, 11) is -2.40. The summed E-state index contributed by atoms with van der Waals surface area (Å²) >= 11 is 0. The van der Waals surface area contributed by atoms with Crippen LogP contribution in [0.25, 0.3) is 0 Å². The standard InChI is InChI=1S/C18H29N3O6S/c1-12-9-14(26-6)15(10-13(12)2)28(24,25)21-8-7-19-16(22)11-20-17(23)27-18(3,4)5/h9-10,21H,7-8,11H2,1-6H3,(H,19,22)(H,20,23). The molecule has 0 fully saturated rings. The highest BCUT2D eigenvalue weighted by Crippen LogP contribution is 2.26. The number of ether oxygens (including phenoxy) is 2. The van der Waals surface area contributed by atoms with E-state index in [1.165, 1.54) is 7.11 Å². The van der Waals surface area contributed by atoms with E-state index in [4.69, 9.17) is 9.47 Å². The van der Waals surface area contributed by atoms with Gasteiger partial charge in [0, 0.05) is 13.1 Å². The fourth-order valence-corrected chi connectivity index (χ4v) is 3.39. The third kappa shape index (κ3) is 7.73. The lowest BCUT2D eigenvalue weighted by Gasteiger charge is -2.19. The molecule has 0 aliphatic heterocycles. The van der Waals surface area contributed by atoms with Gasteiger partial charge in [-0.05, 0) is 57.9 Å². The number of hydrogen-bond donors (Lipinski definition) is 3. The summed E-state index contributed by atoms with van der Waals surface area (Å²) in [5.74, 6) is -0.213. The molecule has 0 aliphatic carbocycles. The van der Waals surface area contributed by atoms with E-state index >= 15 is 0 Å². The first kappa shape index (κ1) is 23.7. The highest BCUT2D eigenvalue weighted by Gasteiger charge is 2.20. The van der Waals surface area contributed by atoms with Gasteiger partial charge in [-0.3, -0.25) is 4.79 Å². The van der Waals surface area contributed by atoms with Gasteiger partial charge in [0.15, 0.2) is 0 Å². The Hall–Kier alpha value is -2.33. The maximum atomic E-state index is 12.5. The summed E-state index contributed by atoms with van der Waals surface area (Å²) in [6, 6.07) is 3.20. The van der Waals surface area contributed by atoms with E-state index in [-0.39, 0.29) is 30.3 Å². The molecule has 0 heterocycles. The molecular formula is C18H29N3O6S. The first-order valence-corrected chi connectivity index (χ1v) is 10.2. The number of amides is 2. The summed E-state index contributed by atoms with van der Waals surface area (Å²) in [5, 5.41) is 4.83. The van der Waals surface area contributed by atoms with Gasteiger partial charge in [0.25, 0.3) is 0 Å². The van der Waals surface area contributed by atoms with Crippen molar-refractivity contribution in [2.24, 2.45) is 0 Å². The number of aryl methyl sites for hydroxylation is 2. The predicted octanol–water partition coefficient (Wildman–Crippen LogP) is 1.23. The Balaban J connectivity index is 2.50. The van der Waals surface area contributed by atoms with Gasteiger partial charge in [-0.2, -0.15) is 0 Å². The molecule has 1 aromatic rings. The SMILES string of the molecule is COc1cc(C)c(C)cc1S(=O)(=O)NCCNC(=O)CNC(=O)OC(C)(C)C. The molecule has 0 saturated carbocycles. The normalized spacial score (nSPS) is 11.6. The van der Waals surface area contributed by atoms with Gasteiger partial charge in [0.05, 0.1) is 13.7 Å². The van der Waals surface area contributed by atoms with Crippen LogP contribution in [-0.2, 0) is 19.6 Å². The van der Waals surface area contributed by atoms with Crippen LogP contribution in [-0.4, -0.2) is 52.8 Å². The lowest BCUT2D eigenvalue weighted by atomic mass is 10.1. The average Bonchev–Trinajstić information content (AvgIpc) is 2.57. The Morgan fingerprint density at radius 2 is 1.64 bits per heavy atom. The van der Waals surface area contributed by atoms with Crippen molar-refractivity contribution in [3.63, 3.8) is 0 Å². The molecule has 0 aromatic heterocycles. The molecule has 0 saturated heterocycles. The molecule has 0 bridgehead atoms. The predicted molar refractivity (Wildman–Crippen MR) is 105 cm³/mol. The van der Waals surface area contributed by atoms with E-state index in [2.05, 4.69) is 15.4 Å². The minimum Gasteiger partial charge on any atom is -0.495 e. The van der Waals surface area contributed by atoms with Crippen LogP contribution < -0.4 is 20.1 Å². The summed E-state index contributed by atoms with van der Waals surface area (Å²) in [5.41, 5.74) is 1.08. The number of benzene rings is 1. The van der Waals surface area contributed by atoms with Crippen molar-refractivity contribution in [2.45, 2.75) is 45.1 Å². The molecular weight excluding hydrogens is 386 g/mol. The van der Waals surface area contributed by atoms with Crippen molar-refractivity contribution < 1.29 is 27.5 Å². The Kier molecular flexibility index (Phi) is 8.25. The van der Waals surface area contributed by atoms with E-state index in [1.807, 2.05) is 13.8 Å². The van der Waals surface area contributed by atoms with Crippen molar-refractivity contribution in [2.75, 3.05) is 26.7 Å². The molecule has 0 unspecified atom stereocenters. The zero-order valence-corrected chi connectivity index (χ0v) is 18.0. The smallest absolute Gasteiger partial charge is 0.408 e. The van der Waals surface area contributed by atoms with Crippen LogP contribution in [0.15, 0.2) is 17.0 Å². The van der Waals surface area contributed by atoms with Crippen LogP contribution in [0, 0.1) is 13.8 Å². The maximum absolute atomic E-state index is 12.5. The number of rotatable bonds is 8. The lowest BCUT2D eigenvalue weighted by molar-refractivity contribution is -0.120. The van der Waals surface area contributed by atoms with E-state index in [0.717, 1.165) is 11.1 Å². The second kappa shape index (κ2) is 9.74. The van der Waals surface area contributed by atoms with Gasteiger partial charge >= 0.3 is 6.09 Å². The number of sulfonamides is 1. The largest absolute Gasteiger partial charge is 0.495 e. The third-order valence-corrected chi connectivity index (χ3v) is 5.08. The second-order valence-electron chi connectivity index (χ2n) is 7.19. The van der Waals surface area contributed by atoms with Crippen LogP contribution in [0.4, 0.5) is 4.79 Å². The van der Waals surface area contributed by atoms with Crippen LogP contribution in [0.3, 0.4) is 0 Å². The van der Waals surface area contributed by atoms with Gasteiger partial charge in [-0.1, -0.05) is 0 Å². The minimum absolute atomic E-state index is 0.0173. The summed E-state index contributed by atoms with van der Waals surface area (Å²) in [6.07, 6.45) is -0.704. The Bertz CT molecular complexity index is 815. The molecule has 0 atom stereocenters. The van der Waals surface area contributed by atoms with Gasteiger partial charge in [-0.15, -0.1) is 0 Å². The quantitative estimate of drug-likeness (QED) is 0.549. The number of methoxy groups -OCH3 is 1. The highest BCUT2D eigenvalue weighted by molar-refractivity contribution is 7.89. The van der Waals surface area contributed by atoms with E-state index in [0.29, 0.717) is 0 Å².